The van der Waals surface area contributed by atoms with Crippen molar-refractivity contribution >= 4 is 0 Å². The quantitative estimate of drug-likeness (QED) is 0.709. The molecule has 1 atom stereocenters. The van der Waals surface area contributed by atoms with Gasteiger partial charge in [0.25, 0.3) is 0 Å². The number of benzene rings is 1. The molecule has 1 aliphatic carbocycles. The van der Waals surface area contributed by atoms with E-state index in [0.717, 1.165) is 18.4 Å². The van der Waals surface area contributed by atoms with Crippen LogP contribution in [0.5, 0.6) is 5.75 Å². The van der Waals surface area contributed by atoms with E-state index in [1.165, 1.54) is 5.56 Å². The molecule has 1 aromatic carbocycles. The van der Waals surface area contributed by atoms with E-state index >= 15 is 0 Å². The topological polar surface area (TPSA) is 9.23 Å². The normalized spacial score (nSPS) is 19.9. The first kappa shape index (κ1) is 9.44. The van der Waals surface area contributed by atoms with Gasteiger partial charge in [-0.25, -0.2) is 0 Å². The van der Waals surface area contributed by atoms with E-state index in [0.29, 0.717) is 5.92 Å². The summed E-state index contributed by atoms with van der Waals surface area (Å²) in [4.78, 5) is 0. The summed E-state index contributed by atoms with van der Waals surface area (Å²) in [7, 11) is 0. The van der Waals surface area contributed by atoms with Crippen LogP contribution < -0.4 is 4.74 Å². The average molecular weight is 198 g/mol. The van der Waals surface area contributed by atoms with E-state index in [2.05, 4.69) is 11.7 Å². The van der Waals surface area contributed by atoms with E-state index in [9.17, 15) is 8.78 Å². The summed E-state index contributed by atoms with van der Waals surface area (Å²) in [6.07, 6.45) is 2.01. The SMILES string of the molecule is CC1Cc2ccc(OC(F)F)cc2C1. The molecule has 3 heteroatoms. The fourth-order valence-electron chi connectivity index (χ4n) is 1.99. The highest BCUT2D eigenvalue weighted by atomic mass is 19.3. The molecule has 0 N–H and O–H groups in total. The lowest BCUT2D eigenvalue weighted by Crippen LogP contribution is -2.02. The molecule has 0 heterocycles. The molecule has 0 fully saturated rings. The second-order valence-corrected chi connectivity index (χ2v) is 3.82. The van der Waals surface area contributed by atoms with E-state index in [-0.39, 0.29) is 5.75 Å². The highest BCUT2D eigenvalue weighted by molar-refractivity contribution is 5.38. The molecule has 0 saturated carbocycles. The molecule has 1 aliphatic rings. The number of rotatable bonds is 2. The van der Waals surface area contributed by atoms with Crippen molar-refractivity contribution in [3.8, 4) is 5.75 Å². The maximum absolute atomic E-state index is 11.9. The first-order valence-electron chi connectivity index (χ1n) is 4.72. The summed E-state index contributed by atoms with van der Waals surface area (Å²) in [5.41, 5.74) is 2.41. The monoisotopic (exact) mass is 198 g/mol. The molecular formula is C11H12F2O. The van der Waals surface area contributed by atoms with Crippen LogP contribution in [0.15, 0.2) is 18.2 Å². The van der Waals surface area contributed by atoms with Crippen LogP contribution in [0, 0.1) is 5.92 Å². The smallest absolute Gasteiger partial charge is 0.387 e. The van der Waals surface area contributed by atoms with Crippen LogP contribution in [0.25, 0.3) is 0 Å². The van der Waals surface area contributed by atoms with Crippen molar-refractivity contribution < 1.29 is 13.5 Å². The van der Waals surface area contributed by atoms with Gasteiger partial charge in [0.05, 0.1) is 0 Å². The minimum atomic E-state index is -2.73. The fourth-order valence-corrected chi connectivity index (χ4v) is 1.99. The molecule has 1 aromatic rings. The van der Waals surface area contributed by atoms with E-state index in [1.54, 1.807) is 12.1 Å². The molecule has 0 bridgehead atoms. The first-order chi connectivity index (χ1) is 6.65. The third-order valence-corrected chi connectivity index (χ3v) is 2.54. The number of fused-ring (bicyclic) bond motifs is 1. The second kappa shape index (κ2) is 3.56. The predicted molar refractivity (Wildman–Crippen MR) is 49.6 cm³/mol. The molecular weight excluding hydrogens is 186 g/mol. The molecule has 0 saturated heterocycles. The Kier molecular flexibility index (Phi) is 2.40. The van der Waals surface area contributed by atoms with Gasteiger partial charge < -0.3 is 4.74 Å². The third-order valence-electron chi connectivity index (χ3n) is 2.54. The Bertz CT molecular complexity index is 336. The second-order valence-electron chi connectivity index (χ2n) is 3.82. The predicted octanol–water partition coefficient (Wildman–Crippen LogP) is 3.02. The van der Waals surface area contributed by atoms with Crippen molar-refractivity contribution in [1.29, 1.82) is 0 Å². The van der Waals surface area contributed by atoms with Gasteiger partial charge in [-0.05, 0) is 42.0 Å². The molecule has 2 rings (SSSR count). The lowest BCUT2D eigenvalue weighted by atomic mass is 10.1. The maximum Gasteiger partial charge on any atom is 0.387 e. The minimum Gasteiger partial charge on any atom is -0.435 e. The zero-order chi connectivity index (χ0) is 10.1. The summed E-state index contributed by atoms with van der Waals surface area (Å²) < 4.78 is 28.2. The molecule has 1 nitrogen and oxygen atoms in total. The first-order valence-corrected chi connectivity index (χ1v) is 4.72. The number of alkyl halides is 2. The van der Waals surface area contributed by atoms with Crippen LogP contribution in [0.1, 0.15) is 18.1 Å². The Morgan fingerprint density at radius 3 is 2.71 bits per heavy atom. The van der Waals surface area contributed by atoms with Gasteiger partial charge in [-0.1, -0.05) is 13.0 Å². The lowest BCUT2D eigenvalue weighted by molar-refractivity contribution is -0.0498. The summed E-state index contributed by atoms with van der Waals surface area (Å²) in [6, 6.07) is 5.23. The summed E-state index contributed by atoms with van der Waals surface area (Å²) in [5, 5.41) is 0. The van der Waals surface area contributed by atoms with Crippen molar-refractivity contribution in [1.82, 2.24) is 0 Å². The van der Waals surface area contributed by atoms with Gasteiger partial charge in [0, 0.05) is 0 Å². The fraction of sp³-hybridized carbons (Fsp3) is 0.455. The van der Waals surface area contributed by atoms with Crippen LogP contribution in [0.3, 0.4) is 0 Å². The number of halogens is 2. The van der Waals surface area contributed by atoms with Gasteiger partial charge in [0.2, 0.25) is 0 Å². The molecule has 14 heavy (non-hydrogen) atoms. The van der Waals surface area contributed by atoms with E-state index in [1.807, 2.05) is 6.07 Å². The van der Waals surface area contributed by atoms with Gasteiger partial charge >= 0.3 is 6.61 Å². The standard InChI is InChI=1S/C11H12F2O/c1-7-4-8-2-3-10(14-11(12)13)6-9(8)5-7/h2-3,6-7,11H,4-5H2,1H3. The summed E-state index contributed by atoms with van der Waals surface area (Å²) >= 11 is 0. The van der Waals surface area contributed by atoms with Gasteiger partial charge in [0.1, 0.15) is 5.75 Å². The van der Waals surface area contributed by atoms with Crippen LogP contribution in [-0.2, 0) is 12.8 Å². The molecule has 0 radical (unpaired) electrons. The largest absolute Gasteiger partial charge is 0.435 e. The molecule has 76 valence electrons. The Labute approximate surface area is 81.7 Å². The summed E-state index contributed by atoms with van der Waals surface area (Å²) in [5.74, 6) is 0.889. The number of hydrogen-bond donors (Lipinski definition) is 0. The zero-order valence-electron chi connectivity index (χ0n) is 7.97. The molecule has 0 aromatic heterocycles. The average Bonchev–Trinajstić information content (AvgIpc) is 2.42. The zero-order valence-corrected chi connectivity index (χ0v) is 7.97. The summed E-state index contributed by atoms with van der Waals surface area (Å²) in [6.45, 7) is -0.569. The molecule has 0 amide bonds. The molecule has 0 spiro atoms. The van der Waals surface area contributed by atoms with Crippen molar-refractivity contribution in [2.45, 2.75) is 26.4 Å². The highest BCUT2D eigenvalue weighted by Gasteiger charge is 2.18. The Morgan fingerprint density at radius 1 is 1.29 bits per heavy atom. The number of hydrogen-bond acceptors (Lipinski definition) is 1. The molecule has 1 unspecified atom stereocenters. The van der Waals surface area contributed by atoms with Crippen molar-refractivity contribution in [3.05, 3.63) is 29.3 Å². The lowest BCUT2D eigenvalue weighted by Gasteiger charge is -2.05. The van der Waals surface area contributed by atoms with Gasteiger partial charge in [-0.3, -0.25) is 0 Å². The van der Waals surface area contributed by atoms with Crippen molar-refractivity contribution in [3.63, 3.8) is 0 Å². The van der Waals surface area contributed by atoms with Crippen LogP contribution in [0.4, 0.5) is 8.78 Å². The molecule has 0 aliphatic heterocycles. The van der Waals surface area contributed by atoms with Crippen LogP contribution in [0.2, 0.25) is 0 Å². The van der Waals surface area contributed by atoms with Crippen LogP contribution in [-0.4, -0.2) is 6.61 Å². The van der Waals surface area contributed by atoms with E-state index < -0.39 is 6.61 Å². The Hall–Kier alpha value is -1.12. The highest BCUT2D eigenvalue weighted by Crippen LogP contribution is 2.29. The van der Waals surface area contributed by atoms with Crippen molar-refractivity contribution in [2.75, 3.05) is 0 Å². The van der Waals surface area contributed by atoms with Crippen molar-refractivity contribution in [2.24, 2.45) is 5.92 Å². The Balaban J connectivity index is 2.20. The maximum atomic E-state index is 11.9. The Morgan fingerprint density at radius 2 is 2.00 bits per heavy atom. The van der Waals surface area contributed by atoms with Crippen LogP contribution >= 0.6 is 0 Å². The van der Waals surface area contributed by atoms with Gasteiger partial charge in [0.15, 0.2) is 0 Å². The van der Waals surface area contributed by atoms with E-state index in [4.69, 9.17) is 0 Å². The number of ether oxygens (including phenoxy) is 1. The van der Waals surface area contributed by atoms with Gasteiger partial charge in [-0.15, -0.1) is 0 Å². The third kappa shape index (κ3) is 1.86. The van der Waals surface area contributed by atoms with Gasteiger partial charge in [-0.2, -0.15) is 8.78 Å². The minimum absolute atomic E-state index is 0.271.